The van der Waals surface area contributed by atoms with E-state index in [0.29, 0.717) is 12.4 Å². The topological polar surface area (TPSA) is 46.2 Å². The first-order valence-corrected chi connectivity index (χ1v) is 3.59. The second kappa shape index (κ2) is 3.44. The molecule has 60 valence electrons. The van der Waals surface area contributed by atoms with Gasteiger partial charge in [0.15, 0.2) is 11.0 Å². The highest BCUT2D eigenvalue weighted by atomic mass is 35.5. The van der Waals surface area contributed by atoms with E-state index in [1.165, 1.54) is 0 Å². The Bertz CT molecular complexity index is 257. The lowest BCUT2D eigenvalue weighted by Crippen LogP contribution is -2.02. The Morgan fingerprint density at radius 2 is 2.45 bits per heavy atom. The van der Waals surface area contributed by atoms with Gasteiger partial charge in [0.1, 0.15) is 0 Å². The molecular weight excluding hydrogens is 166 g/mol. The van der Waals surface area contributed by atoms with Gasteiger partial charge in [-0.05, 0) is 30.7 Å². The molecule has 0 atom stereocenters. The van der Waals surface area contributed by atoms with Crippen LogP contribution < -0.4 is 0 Å². The number of halogens is 1. The van der Waals surface area contributed by atoms with Crippen molar-refractivity contribution in [3.05, 3.63) is 23.1 Å². The summed E-state index contributed by atoms with van der Waals surface area (Å²) in [6.45, 7) is 2.26. The normalized spacial score (nSPS) is 9.64. The van der Waals surface area contributed by atoms with Crippen molar-refractivity contribution in [2.45, 2.75) is 6.92 Å². The van der Waals surface area contributed by atoms with Crippen LogP contribution in [0.3, 0.4) is 0 Å². The van der Waals surface area contributed by atoms with E-state index >= 15 is 0 Å². The minimum atomic E-state index is 0.0133. The Balaban J connectivity index is 2.69. The summed E-state index contributed by atoms with van der Waals surface area (Å²) in [5, 5.41) is 7.54. The monoisotopic (exact) mass is 173 g/mol. The van der Waals surface area contributed by atoms with Crippen LogP contribution in [0.15, 0.2) is 16.5 Å². The van der Waals surface area contributed by atoms with Crippen LogP contribution in [-0.2, 0) is 4.74 Å². The number of ether oxygens (including phenoxy) is 1. The second-order valence-electron chi connectivity index (χ2n) is 1.87. The van der Waals surface area contributed by atoms with Crippen molar-refractivity contribution in [3.8, 4) is 0 Å². The molecule has 0 aliphatic heterocycles. The second-order valence-corrected chi connectivity index (χ2v) is 2.24. The molecule has 0 radical (unpaired) electrons. The summed E-state index contributed by atoms with van der Waals surface area (Å²) in [5.74, 6) is 0.372. The summed E-state index contributed by atoms with van der Waals surface area (Å²) in [6.07, 6.45) is 0. The molecule has 0 bridgehead atoms. The highest BCUT2D eigenvalue weighted by Gasteiger charge is 2.05. The maximum Gasteiger partial charge on any atom is 0.250 e. The zero-order valence-corrected chi connectivity index (χ0v) is 6.81. The van der Waals surface area contributed by atoms with E-state index in [2.05, 4.69) is 0 Å². The van der Waals surface area contributed by atoms with Crippen LogP contribution >= 0.6 is 11.6 Å². The molecule has 0 spiro atoms. The molecule has 0 unspecified atom stereocenters. The van der Waals surface area contributed by atoms with Crippen molar-refractivity contribution in [1.82, 2.24) is 0 Å². The predicted molar refractivity (Wildman–Crippen MR) is 42.2 cm³/mol. The van der Waals surface area contributed by atoms with E-state index in [-0.39, 0.29) is 11.1 Å². The molecule has 3 nitrogen and oxygen atoms in total. The number of hydrogen-bond acceptors (Lipinski definition) is 3. The number of nitrogens with one attached hydrogen (secondary N) is 1. The first-order chi connectivity index (χ1) is 5.24. The summed E-state index contributed by atoms with van der Waals surface area (Å²) >= 11 is 5.49. The Morgan fingerprint density at radius 1 is 1.73 bits per heavy atom. The smallest absolute Gasteiger partial charge is 0.250 e. The molecule has 11 heavy (non-hydrogen) atoms. The van der Waals surface area contributed by atoms with E-state index in [9.17, 15) is 0 Å². The van der Waals surface area contributed by atoms with Gasteiger partial charge in [0, 0.05) is 0 Å². The fourth-order valence-electron chi connectivity index (χ4n) is 0.652. The van der Waals surface area contributed by atoms with Crippen LogP contribution in [0.25, 0.3) is 0 Å². The fourth-order valence-corrected chi connectivity index (χ4v) is 0.798. The molecule has 1 aromatic heterocycles. The molecule has 0 aromatic carbocycles. The Morgan fingerprint density at radius 3 is 2.91 bits per heavy atom. The van der Waals surface area contributed by atoms with E-state index in [1.54, 1.807) is 19.1 Å². The standard InChI is InChI=1S/C7H8ClNO2/c1-2-10-7(9)5-3-4-6(8)11-5/h3-4,9H,2H2,1H3. The van der Waals surface area contributed by atoms with Gasteiger partial charge in [0.25, 0.3) is 0 Å². The third-order valence-electron chi connectivity index (χ3n) is 1.09. The van der Waals surface area contributed by atoms with Gasteiger partial charge in [-0.1, -0.05) is 0 Å². The number of rotatable bonds is 2. The third kappa shape index (κ3) is 1.98. The maximum absolute atomic E-state index is 7.27. The fraction of sp³-hybridized carbons (Fsp3) is 0.286. The van der Waals surface area contributed by atoms with Gasteiger partial charge in [-0.2, -0.15) is 0 Å². The lowest BCUT2D eigenvalue weighted by molar-refractivity contribution is 0.316. The highest BCUT2D eigenvalue weighted by Crippen LogP contribution is 2.13. The molecule has 1 rings (SSSR count). The lowest BCUT2D eigenvalue weighted by atomic mass is 10.4. The molecule has 0 saturated carbocycles. The molecule has 0 saturated heterocycles. The van der Waals surface area contributed by atoms with Crippen LogP contribution in [-0.4, -0.2) is 12.5 Å². The molecule has 0 fully saturated rings. The molecule has 1 aromatic rings. The van der Waals surface area contributed by atoms with Crippen molar-refractivity contribution in [3.63, 3.8) is 0 Å². The molecule has 4 heteroatoms. The van der Waals surface area contributed by atoms with Crippen LogP contribution in [0, 0.1) is 5.41 Å². The first-order valence-electron chi connectivity index (χ1n) is 3.21. The van der Waals surface area contributed by atoms with Crippen LogP contribution in [0.2, 0.25) is 5.22 Å². The van der Waals surface area contributed by atoms with Gasteiger partial charge in [0.05, 0.1) is 6.61 Å². The largest absolute Gasteiger partial charge is 0.476 e. The number of furan rings is 1. The van der Waals surface area contributed by atoms with Crippen LogP contribution in [0.4, 0.5) is 0 Å². The van der Waals surface area contributed by atoms with Crippen LogP contribution in [0.5, 0.6) is 0 Å². The molecular formula is C7H8ClNO2. The Kier molecular flexibility index (Phi) is 2.54. The van der Waals surface area contributed by atoms with Crippen molar-refractivity contribution in [2.75, 3.05) is 6.61 Å². The molecule has 0 aliphatic carbocycles. The van der Waals surface area contributed by atoms with Gasteiger partial charge in [-0.25, -0.2) is 0 Å². The molecule has 1 heterocycles. The van der Waals surface area contributed by atoms with E-state index < -0.39 is 0 Å². The lowest BCUT2D eigenvalue weighted by Gasteiger charge is -1.99. The predicted octanol–water partition coefficient (Wildman–Crippen LogP) is 2.29. The van der Waals surface area contributed by atoms with Crippen LogP contribution in [0.1, 0.15) is 12.7 Å². The summed E-state index contributed by atoms with van der Waals surface area (Å²) in [7, 11) is 0. The van der Waals surface area contributed by atoms with E-state index in [4.69, 9.17) is 26.2 Å². The zero-order chi connectivity index (χ0) is 8.27. The van der Waals surface area contributed by atoms with E-state index in [1.807, 2.05) is 0 Å². The van der Waals surface area contributed by atoms with Crippen molar-refractivity contribution in [1.29, 1.82) is 5.41 Å². The first kappa shape index (κ1) is 8.14. The summed E-state index contributed by atoms with van der Waals surface area (Å²) < 4.78 is 9.79. The Labute approximate surface area is 69.4 Å². The SMILES string of the molecule is CCOC(=N)c1ccc(Cl)o1. The quantitative estimate of drug-likeness (QED) is 0.551. The maximum atomic E-state index is 7.27. The summed E-state index contributed by atoms with van der Waals surface area (Å²) in [6, 6.07) is 3.17. The molecule has 0 aliphatic rings. The number of hydrogen-bond donors (Lipinski definition) is 1. The highest BCUT2D eigenvalue weighted by molar-refractivity contribution is 6.29. The van der Waals surface area contributed by atoms with Gasteiger partial charge in [-0.3, -0.25) is 5.41 Å². The Hall–Kier alpha value is -0.960. The molecule has 1 N–H and O–H groups in total. The summed E-state index contributed by atoms with van der Waals surface area (Å²) in [4.78, 5) is 0. The van der Waals surface area contributed by atoms with Gasteiger partial charge < -0.3 is 9.15 Å². The molecule has 0 amide bonds. The van der Waals surface area contributed by atoms with Crippen molar-refractivity contribution >= 4 is 17.5 Å². The minimum Gasteiger partial charge on any atom is -0.476 e. The third-order valence-corrected chi connectivity index (χ3v) is 1.29. The van der Waals surface area contributed by atoms with Gasteiger partial charge in [-0.15, -0.1) is 0 Å². The van der Waals surface area contributed by atoms with Gasteiger partial charge >= 0.3 is 0 Å². The summed E-state index contributed by atoms with van der Waals surface area (Å²) in [5.41, 5.74) is 0. The van der Waals surface area contributed by atoms with Crippen molar-refractivity contribution < 1.29 is 9.15 Å². The van der Waals surface area contributed by atoms with Gasteiger partial charge in [0.2, 0.25) is 5.90 Å². The average molecular weight is 174 g/mol. The average Bonchev–Trinajstić information content (AvgIpc) is 2.36. The van der Waals surface area contributed by atoms with E-state index in [0.717, 1.165) is 0 Å². The minimum absolute atomic E-state index is 0.0133. The zero-order valence-electron chi connectivity index (χ0n) is 6.06. The van der Waals surface area contributed by atoms with Crippen molar-refractivity contribution in [2.24, 2.45) is 0 Å².